The van der Waals surface area contributed by atoms with E-state index in [0.29, 0.717) is 17.3 Å². The van der Waals surface area contributed by atoms with E-state index in [-0.39, 0.29) is 5.82 Å². The summed E-state index contributed by atoms with van der Waals surface area (Å²) in [4.78, 5) is 0. The quantitative estimate of drug-likeness (QED) is 0.889. The van der Waals surface area contributed by atoms with E-state index in [2.05, 4.69) is 15.6 Å². The second kappa shape index (κ2) is 4.59. The van der Waals surface area contributed by atoms with Gasteiger partial charge in [-0.25, -0.2) is 9.07 Å². The van der Waals surface area contributed by atoms with Crippen molar-refractivity contribution in [1.82, 2.24) is 20.3 Å². The van der Waals surface area contributed by atoms with Gasteiger partial charge in [0.15, 0.2) is 0 Å². The lowest BCUT2D eigenvalue weighted by Gasteiger charge is -2.02. The molecule has 84 valence electrons. The minimum absolute atomic E-state index is 0.356. The summed E-state index contributed by atoms with van der Waals surface area (Å²) >= 11 is 5.95. The molecule has 6 heteroatoms. The molecule has 0 aliphatic rings. The summed E-state index contributed by atoms with van der Waals surface area (Å²) in [5.74, 6) is -0.356. The number of rotatable bonds is 3. The second-order valence-electron chi connectivity index (χ2n) is 3.28. The predicted octanol–water partition coefficient (Wildman–Crippen LogP) is 1.78. The van der Waals surface area contributed by atoms with Gasteiger partial charge >= 0.3 is 0 Å². The van der Waals surface area contributed by atoms with Crippen molar-refractivity contribution in [2.24, 2.45) is 0 Å². The maximum absolute atomic E-state index is 13.1. The van der Waals surface area contributed by atoms with Gasteiger partial charge in [-0.2, -0.15) is 0 Å². The molecule has 0 bridgehead atoms. The van der Waals surface area contributed by atoms with Crippen molar-refractivity contribution in [3.63, 3.8) is 0 Å². The average Bonchev–Trinajstić information content (AvgIpc) is 2.71. The normalized spacial score (nSPS) is 10.7. The Morgan fingerprint density at radius 1 is 1.50 bits per heavy atom. The molecule has 2 rings (SSSR count). The Labute approximate surface area is 97.0 Å². The van der Waals surface area contributed by atoms with Crippen molar-refractivity contribution in [2.45, 2.75) is 6.54 Å². The lowest BCUT2D eigenvalue weighted by atomic mass is 10.3. The minimum Gasteiger partial charge on any atom is -0.314 e. The highest BCUT2D eigenvalue weighted by Gasteiger charge is 2.07. The van der Waals surface area contributed by atoms with Crippen molar-refractivity contribution in [3.05, 3.63) is 40.9 Å². The van der Waals surface area contributed by atoms with Crippen LogP contribution in [0, 0.1) is 5.82 Å². The number of hydrogen-bond acceptors (Lipinski definition) is 3. The van der Waals surface area contributed by atoms with Gasteiger partial charge in [0.2, 0.25) is 0 Å². The van der Waals surface area contributed by atoms with Gasteiger partial charge in [0.05, 0.1) is 22.6 Å². The van der Waals surface area contributed by atoms with Crippen LogP contribution in [0.3, 0.4) is 0 Å². The Hall–Kier alpha value is -1.46. The van der Waals surface area contributed by atoms with Gasteiger partial charge in [0, 0.05) is 12.6 Å². The van der Waals surface area contributed by atoms with E-state index in [1.54, 1.807) is 6.20 Å². The van der Waals surface area contributed by atoms with Gasteiger partial charge in [-0.1, -0.05) is 16.8 Å². The second-order valence-corrected chi connectivity index (χ2v) is 3.69. The average molecular weight is 241 g/mol. The first kappa shape index (κ1) is 11.0. The minimum atomic E-state index is -0.356. The summed E-state index contributed by atoms with van der Waals surface area (Å²) in [6.07, 6.45) is 1.71. The summed E-state index contributed by atoms with van der Waals surface area (Å²) in [6, 6.07) is 4.11. The van der Waals surface area contributed by atoms with Crippen LogP contribution in [-0.2, 0) is 6.54 Å². The first-order chi connectivity index (χ1) is 7.70. The molecule has 4 nitrogen and oxygen atoms in total. The lowest BCUT2D eigenvalue weighted by molar-refractivity contribution is 0.625. The summed E-state index contributed by atoms with van der Waals surface area (Å²) < 4.78 is 14.5. The summed E-state index contributed by atoms with van der Waals surface area (Å²) in [5, 5.41) is 11.2. The molecule has 0 unspecified atom stereocenters. The van der Waals surface area contributed by atoms with Crippen molar-refractivity contribution in [2.75, 3.05) is 7.05 Å². The Kier molecular flexibility index (Phi) is 3.17. The van der Waals surface area contributed by atoms with Crippen LogP contribution in [0.4, 0.5) is 4.39 Å². The highest BCUT2D eigenvalue weighted by atomic mass is 35.5. The van der Waals surface area contributed by atoms with E-state index in [0.717, 1.165) is 5.69 Å². The number of aromatic nitrogens is 3. The molecule has 0 saturated carbocycles. The van der Waals surface area contributed by atoms with E-state index < -0.39 is 0 Å². The third kappa shape index (κ3) is 2.20. The molecule has 1 heterocycles. The molecular weight excluding hydrogens is 231 g/mol. The molecule has 1 aromatic carbocycles. The Bertz CT molecular complexity index is 497. The molecule has 1 N–H and O–H groups in total. The van der Waals surface area contributed by atoms with E-state index in [1.165, 1.54) is 22.9 Å². The molecule has 0 radical (unpaired) electrons. The smallest absolute Gasteiger partial charge is 0.125 e. The van der Waals surface area contributed by atoms with Crippen LogP contribution < -0.4 is 5.32 Å². The van der Waals surface area contributed by atoms with Crippen molar-refractivity contribution in [3.8, 4) is 5.69 Å². The monoisotopic (exact) mass is 240 g/mol. The van der Waals surface area contributed by atoms with Crippen LogP contribution in [0.5, 0.6) is 0 Å². The fourth-order valence-electron chi connectivity index (χ4n) is 1.34. The van der Waals surface area contributed by atoms with Gasteiger partial charge in [-0.05, 0) is 19.2 Å². The zero-order valence-electron chi connectivity index (χ0n) is 8.61. The summed E-state index contributed by atoms with van der Waals surface area (Å²) in [5.41, 5.74) is 1.25. The molecule has 0 aliphatic carbocycles. The Morgan fingerprint density at radius 2 is 2.31 bits per heavy atom. The van der Waals surface area contributed by atoms with Crippen LogP contribution in [-0.4, -0.2) is 22.0 Å². The highest BCUT2D eigenvalue weighted by molar-refractivity contribution is 6.32. The third-order valence-electron chi connectivity index (χ3n) is 2.05. The third-order valence-corrected chi connectivity index (χ3v) is 2.37. The molecule has 2 aromatic rings. The largest absolute Gasteiger partial charge is 0.314 e. The number of halogens is 2. The standard InChI is InChI=1S/C10H10ClFN4/c1-13-5-8-6-16(15-14-8)10-4-7(12)2-3-9(10)11/h2-4,6,13H,5H2,1H3. The fourth-order valence-corrected chi connectivity index (χ4v) is 1.54. The highest BCUT2D eigenvalue weighted by Crippen LogP contribution is 2.20. The molecule has 0 aliphatic heterocycles. The van der Waals surface area contributed by atoms with Gasteiger partial charge in [-0.15, -0.1) is 5.10 Å². The molecule has 0 saturated heterocycles. The topological polar surface area (TPSA) is 42.7 Å². The van der Waals surface area contributed by atoms with Crippen molar-refractivity contribution >= 4 is 11.6 Å². The number of hydrogen-bond donors (Lipinski definition) is 1. The maximum Gasteiger partial charge on any atom is 0.125 e. The van der Waals surface area contributed by atoms with Crippen LogP contribution in [0.2, 0.25) is 5.02 Å². The SMILES string of the molecule is CNCc1cn(-c2cc(F)ccc2Cl)nn1. The van der Waals surface area contributed by atoms with Gasteiger partial charge in [0.1, 0.15) is 5.82 Å². The zero-order valence-corrected chi connectivity index (χ0v) is 9.37. The first-order valence-electron chi connectivity index (χ1n) is 4.72. The van der Waals surface area contributed by atoms with Crippen LogP contribution in [0.15, 0.2) is 24.4 Å². The summed E-state index contributed by atoms with van der Waals surface area (Å²) in [7, 11) is 1.81. The predicted molar refractivity (Wildman–Crippen MR) is 59.1 cm³/mol. The van der Waals surface area contributed by atoms with Gasteiger partial charge in [0.25, 0.3) is 0 Å². The van der Waals surface area contributed by atoms with E-state index >= 15 is 0 Å². The number of benzene rings is 1. The van der Waals surface area contributed by atoms with E-state index in [9.17, 15) is 4.39 Å². The Balaban J connectivity index is 2.38. The fraction of sp³-hybridized carbons (Fsp3) is 0.200. The molecule has 0 spiro atoms. The molecule has 0 amide bonds. The summed E-state index contributed by atoms with van der Waals surface area (Å²) in [6.45, 7) is 0.604. The zero-order chi connectivity index (χ0) is 11.5. The van der Waals surface area contributed by atoms with Gasteiger partial charge < -0.3 is 5.32 Å². The molecule has 0 fully saturated rings. The molecule has 1 aromatic heterocycles. The lowest BCUT2D eigenvalue weighted by Crippen LogP contribution is -2.05. The van der Waals surface area contributed by atoms with Gasteiger partial charge in [-0.3, -0.25) is 0 Å². The van der Waals surface area contributed by atoms with Crippen molar-refractivity contribution in [1.29, 1.82) is 0 Å². The maximum atomic E-state index is 13.1. The number of nitrogens with one attached hydrogen (secondary N) is 1. The van der Waals surface area contributed by atoms with Crippen LogP contribution >= 0.6 is 11.6 Å². The molecular formula is C10H10ClFN4. The van der Waals surface area contributed by atoms with E-state index in [1.807, 2.05) is 7.05 Å². The molecule has 0 atom stereocenters. The van der Waals surface area contributed by atoms with Crippen molar-refractivity contribution < 1.29 is 4.39 Å². The Morgan fingerprint density at radius 3 is 3.06 bits per heavy atom. The number of nitrogens with zero attached hydrogens (tertiary/aromatic N) is 3. The van der Waals surface area contributed by atoms with Crippen LogP contribution in [0.1, 0.15) is 5.69 Å². The molecule has 16 heavy (non-hydrogen) atoms. The first-order valence-corrected chi connectivity index (χ1v) is 5.10. The van der Waals surface area contributed by atoms with E-state index in [4.69, 9.17) is 11.6 Å². The van der Waals surface area contributed by atoms with Crippen LogP contribution in [0.25, 0.3) is 5.69 Å².